The molecule has 0 aromatic heterocycles. The first-order valence-corrected chi connectivity index (χ1v) is 5.29. The molecular formula is C11H14Cl2O. The van der Waals surface area contributed by atoms with E-state index in [0.717, 1.165) is 5.56 Å². The largest absolute Gasteiger partial charge is 0.396 e. The molecule has 0 amide bonds. The molecule has 0 radical (unpaired) electrons. The molecule has 0 saturated heterocycles. The van der Waals surface area contributed by atoms with Gasteiger partial charge < -0.3 is 5.11 Å². The summed E-state index contributed by atoms with van der Waals surface area (Å²) in [5, 5.41) is 10.1. The summed E-state index contributed by atoms with van der Waals surface area (Å²) in [7, 11) is 0. The van der Waals surface area contributed by atoms with E-state index < -0.39 is 0 Å². The molecule has 0 aliphatic carbocycles. The Morgan fingerprint density at radius 3 is 2.36 bits per heavy atom. The van der Waals surface area contributed by atoms with Gasteiger partial charge in [-0.1, -0.05) is 43.1 Å². The fraction of sp³-hybridized carbons (Fsp3) is 0.455. The lowest BCUT2D eigenvalue weighted by Crippen LogP contribution is -2.18. The number of aliphatic hydroxyl groups is 1. The smallest absolute Gasteiger partial charge is 0.0595 e. The molecule has 0 aliphatic heterocycles. The third-order valence-corrected chi connectivity index (χ3v) is 3.18. The van der Waals surface area contributed by atoms with Gasteiger partial charge in [0, 0.05) is 6.61 Å². The highest BCUT2D eigenvalue weighted by Gasteiger charge is 2.20. The summed E-state index contributed by atoms with van der Waals surface area (Å²) >= 11 is 11.8. The first-order valence-electron chi connectivity index (χ1n) is 4.54. The van der Waals surface area contributed by atoms with Crippen LogP contribution in [0, 0.1) is 0 Å². The lowest BCUT2D eigenvalue weighted by molar-refractivity contribution is 0.252. The standard InChI is InChI=1S/C11H14Cl2O/c1-11(2,5-6-14)8-3-4-9(12)10(13)7-8/h3-4,7,14H,5-6H2,1-2H3. The number of hydrogen-bond donors (Lipinski definition) is 1. The minimum Gasteiger partial charge on any atom is -0.396 e. The molecule has 3 heteroatoms. The lowest BCUT2D eigenvalue weighted by Gasteiger charge is -2.24. The summed E-state index contributed by atoms with van der Waals surface area (Å²) in [5.41, 5.74) is 1.03. The monoisotopic (exact) mass is 232 g/mol. The molecule has 1 N–H and O–H groups in total. The molecule has 1 aromatic rings. The number of aliphatic hydroxyl groups excluding tert-OH is 1. The average Bonchev–Trinajstić information content (AvgIpc) is 2.09. The van der Waals surface area contributed by atoms with E-state index in [4.69, 9.17) is 28.3 Å². The Bertz CT molecular complexity index is 321. The van der Waals surface area contributed by atoms with Gasteiger partial charge in [0.1, 0.15) is 0 Å². The average molecular weight is 233 g/mol. The molecule has 0 saturated carbocycles. The highest BCUT2D eigenvalue weighted by Crippen LogP contribution is 2.31. The van der Waals surface area contributed by atoms with Gasteiger partial charge in [-0.2, -0.15) is 0 Å². The van der Waals surface area contributed by atoms with Crippen molar-refractivity contribution in [3.05, 3.63) is 33.8 Å². The lowest BCUT2D eigenvalue weighted by atomic mass is 9.82. The fourth-order valence-corrected chi connectivity index (χ4v) is 1.64. The van der Waals surface area contributed by atoms with Crippen LogP contribution in [0.2, 0.25) is 10.0 Å². The van der Waals surface area contributed by atoms with Crippen LogP contribution in [0.3, 0.4) is 0 Å². The van der Waals surface area contributed by atoms with Gasteiger partial charge in [0.05, 0.1) is 10.0 Å². The Hall–Kier alpha value is -0.240. The van der Waals surface area contributed by atoms with Crippen LogP contribution in [-0.4, -0.2) is 11.7 Å². The molecule has 0 unspecified atom stereocenters. The fourth-order valence-electron chi connectivity index (χ4n) is 1.34. The summed E-state index contributed by atoms with van der Waals surface area (Å²) in [6.07, 6.45) is 0.713. The molecule has 78 valence electrons. The normalized spacial score (nSPS) is 11.8. The predicted octanol–water partition coefficient (Wildman–Crippen LogP) is 3.65. The van der Waals surface area contributed by atoms with Crippen molar-refractivity contribution in [3.63, 3.8) is 0 Å². The van der Waals surface area contributed by atoms with E-state index in [1.807, 2.05) is 12.1 Å². The van der Waals surface area contributed by atoms with Crippen LogP contribution in [0.5, 0.6) is 0 Å². The third-order valence-electron chi connectivity index (χ3n) is 2.44. The quantitative estimate of drug-likeness (QED) is 0.844. The van der Waals surface area contributed by atoms with Crippen molar-refractivity contribution in [2.24, 2.45) is 0 Å². The Kier molecular flexibility index (Phi) is 3.82. The van der Waals surface area contributed by atoms with Crippen LogP contribution < -0.4 is 0 Å². The van der Waals surface area contributed by atoms with Crippen LogP contribution in [0.1, 0.15) is 25.8 Å². The van der Waals surface area contributed by atoms with Crippen molar-refractivity contribution >= 4 is 23.2 Å². The number of halogens is 2. The van der Waals surface area contributed by atoms with Crippen molar-refractivity contribution in [3.8, 4) is 0 Å². The van der Waals surface area contributed by atoms with Gasteiger partial charge in [-0.05, 0) is 29.5 Å². The van der Waals surface area contributed by atoms with E-state index in [1.165, 1.54) is 0 Å². The molecule has 0 spiro atoms. The van der Waals surface area contributed by atoms with Gasteiger partial charge in [0.2, 0.25) is 0 Å². The Balaban J connectivity index is 3.01. The van der Waals surface area contributed by atoms with Gasteiger partial charge in [-0.3, -0.25) is 0 Å². The third kappa shape index (κ3) is 2.63. The minimum absolute atomic E-state index is 0.0665. The molecule has 0 aliphatic rings. The Morgan fingerprint density at radius 1 is 1.21 bits per heavy atom. The number of benzene rings is 1. The second-order valence-electron chi connectivity index (χ2n) is 3.99. The Morgan fingerprint density at radius 2 is 1.86 bits per heavy atom. The maximum Gasteiger partial charge on any atom is 0.0595 e. The van der Waals surface area contributed by atoms with E-state index in [2.05, 4.69) is 13.8 Å². The first kappa shape index (κ1) is 11.8. The summed E-state index contributed by atoms with van der Waals surface area (Å²) in [4.78, 5) is 0. The number of hydrogen-bond acceptors (Lipinski definition) is 1. The zero-order chi connectivity index (χ0) is 10.8. The van der Waals surface area contributed by atoms with Crippen molar-refractivity contribution in [2.75, 3.05) is 6.61 Å². The summed E-state index contributed by atoms with van der Waals surface area (Å²) in [5.74, 6) is 0. The zero-order valence-electron chi connectivity index (χ0n) is 8.35. The molecule has 1 aromatic carbocycles. The topological polar surface area (TPSA) is 20.2 Å². The summed E-state index contributed by atoms with van der Waals surface area (Å²) < 4.78 is 0. The maximum absolute atomic E-state index is 8.93. The van der Waals surface area contributed by atoms with E-state index in [0.29, 0.717) is 16.5 Å². The molecule has 1 rings (SSSR count). The summed E-state index contributed by atoms with van der Waals surface area (Å²) in [6, 6.07) is 5.60. The van der Waals surface area contributed by atoms with E-state index in [9.17, 15) is 0 Å². The molecule has 14 heavy (non-hydrogen) atoms. The molecule has 0 fully saturated rings. The van der Waals surface area contributed by atoms with Crippen molar-refractivity contribution < 1.29 is 5.11 Å². The van der Waals surface area contributed by atoms with Gasteiger partial charge in [-0.15, -0.1) is 0 Å². The molecule has 0 heterocycles. The van der Waals surface area contributed by atoms with Crippen molar-refractivity contribution in [1.82, 2.24) is 0 Å². The van der Waals surface area contributed by atoms with Crippen LogP contribution in [-0.2, 0) is 5.41 Å². The van der Waals surface area contributed by atoms with Crippen molar-refractivity contribution in [1.29, 1.82) is 0 Å². The van der Waals surface area contributed by atoms with Crippen LogP contribution in [0.15, 0.2) is 18.2 Å². The van der Waals surface area contributed by atoms with E-state index >= 15 is 0 Å². The van der Waals surface area contributed by atoms with Crippen LogP contribution in [0.4, 0.5) is 0 Å². The molecule has 1 nitrogen and oxygen atoms in total. The molecular weight excluding hydrogens is 219 g/mol. The minimum atomic E-state index is -0.0665. The molecule has 0 atom stereocenters. The van der Waals surface area contributed by atoms with Gasteiger partial charge in [-0.25, -0.2) is 0 Å². The van der Waals surface area contributed by atoms with Crippen LogP contribution >= 0.6 is 23.2 Å². The van der Waals surface area contributed by atoms with Gasteiger partial charge in [0.25, 0.3) is 0 Å². The first-order chi connectivity index (χ1) is 6.47. The second-order valence-corrected chi connectivity index (χ2v) is 4.80. The van der Waals surface area contributed by atoms with E-state index in [1.54, 1.807) is 6.07 Å². The summed E-state index contributed by atoms with van der Waals surface area (Å²) in [6.45, 7) is 4.32. The van der Waals surface area contributed by atoms with Crippen molar-refractivity contribution in [2.45, 2.75) is 25.7 Å². The van der Waals surface area contributed by atoms with Gasteiger partial charge in [0.15, 0.2) is 0 Å². The highest BCUT2D eigenvalue weighted by atomic mass is 35.5. The maximum atomic E-state index is 8.93. The Labute approximate surface area is 94.7 Å². The van der Waals surface area contributed by atoms with E-state index in [-0.39, 0.29) is 12.0 Å². The van der Waals surface area contributed by atoms with Gasteiger partial charge >= 0.3 is 0 Å². The SMILES string of the molecule is CC(C)(CCO)c1ccc(Cl)c(Cl)c1. The zero-order valence-corrected chi connectivity index (χ0v) is 9.86. The van der Waals surface area contributed by atoms with Crippen LogP contribution in [0.25, 0.3) is 0 Å². The number of rotatable bonds is 3. The predicted molar refractivity (Wildman–Crippen MR) is 61.2 cm³/mol. The molecule has 0 bridgehead atoms. The highest BCUT2D eigenvalue weighted by molar-refractivity contribution is 6.42. The second kappa shape index (κ2) is 4.52.